The second-order valence-electron chi connectivity index (χ2n) is 5.50. The SMILES string of the molecule is COc1cc2nc(-c3ccc(F)cc3)nc(N(C)C)c2cc1OC. The summed E-state index contributed by atoms with van der Waals surface area (Å²) in [4.78, 5) is 11.1. The van der Waals surface area contributed by atoms with Crippen LogP contribution in [0.15, 0.2) is 36.4 Å². The lowest BCUT2D eigenvalue weighted by atomic mass is 10.1. The minimum Gasteiger partial charge on any atom is -0.493 e. The van der Waals surface area contributed by atoms with Crippen molar-refractivity contribution in [3.63, 3.8) is 0 Å². The smallest absolute Gasteiger partial charge is 0.162 e. The predicted molar refractivity (Wildman–Crippen MR) is 92.4 cm³/mol. The van der Waals surface area contributed by atoms with Crippen LogP contribution in [0, 0.1) is 5.82 Å². The molecule has 0 amide bonds. The molecule has 0 aliphatic rings. The number of anilines is 1. The minimum absolute atomic E-state index is 0.293. The molecular weight excluding hydrogens is 309 g/mol. The molecule has 2 aromatic carbocycles. The van der Waals surface area contributed by atoms with Gasteiger partial charge in [0.05, 0.1) is 19.7 Å². The van der Waals surface area contributed by atoms with Crippen molar-refractivity contribution >= 4 is 16.7 Å². The highest BCUT2D eigenvalue weighted by Gasteiger charge is 2.15. The quantitative estimate of drug-likeness (QED) is 0.734. The number of hydrogen-bond donors (Lipinski definition) is 0. The number of benzene rings is 2. The summed E-state index contributed by atoms with van der Waals surface area (Å²) >= 11 is 0. The lowest BCUT2D eigenvalue weighted by Crippen LogP contribution is -2.12. The number of rotatable bonds is 4. The molecule has 0 unspecified atom stereocenters. The third kappa shape index (κ3) is 2.82. The maximum absolute atomic E-state index is 13.2. The van der Waals surface area contributed by atoms with Crippen LogP contribution < -0.4 is 14.4 Å². The number of fused-ring (bicyclic) bond motifs is 1. The zero-order valence-corrected chi connectivity index (χ0v) is 14.0. The second kappa shape index (κ2) is 6.31. The summed E-state index contributed by atoms with van der Waals surface area (Å²) in [6.07, 6.45) is 0. The normalized spacial score (nSPS) is 10.7. The zero-order valence-electron chi connectivity index (χ0n) is 14.0. The molecule has 3 rings (SSSR count). The number of methoxy groups -OCH3 is 2. The molecule has 0 spiro atoms. The number of nitrogens with zero attached hydrogens (tertiary/aromatic N) is 3. The van der Waals surface area contributed by atoms with Crippen LogP contribution in [0.5, 0.6) is 11.5 Å². The fourth-order valence-corrected chi connectivity index (χ4v) is 2.51. The number of hydrogen-bond acceptors (Lipinski definition) is 5. The summed E-state index contributed by atoms with van der Waals surface area (Å²) in [7, 11) is 6.99. The van der Waals surface area contributed by atoms with E-state index < -0.39 is 0 Å². The van der Waals surface area contributed by atoms with Gasteiger partial charge in [-0.05, 0) is 30.3 Å². The van der Waals surface area contributed by atoms with Gasteiger partial charge in [-0.15, -0.1) is 0 Å². The Labute approximate surface area is 139 Å². The average molecular weight is 327 g/mol. The lowest BCUT2D eigenvalue weighted by molar-refractivity contribution is 0.356. The van der Waals surface area contributed by atoms with Crippen molar-refractivity contribution in [3.8, 4) is 22.9 Å². The molecule has 6 heteroatoms. The first-order valence-corrected chi connectivity index (χ1v) is 7.40. The largest absolute Gasteiger partial charge is 0.493 e. The molecule has 0 bridgehead atoms. The van der Waals surface area contributed by atoms with Gasteiger partial charge >= 0.3 is 0 Å². The van der Waals surface area contributed by atoms with E-state index in [0.717, 1.165) is 22.3 Å². The molecule has 0 atom stereocenters. The van der Waals surface area contributed by atoms with Crippen LogP contribution in [-0.2, 0) is 0 Å². The van der Waals surface area contributed by atoms with Crippen molar-refractivity contribution in [2.75, 3.05) is 33.2 Å². The van der Waals surface area contributed by atoms with Crippen molar-refractivity contribution in [3.05, 3.63) is 42.2 Å². The van der Waals surface area contributed by atoms with Gasteiger partial charge < -0.3 is 14.4 Å². The van der Waals surface area contributed by atoms with Crippen LogP contribution in [0.3, 0.4) is 0 Å². The summed E-state index contributed by atoms with van der Waals surface area (Å²) < 4.78 is 23.9. The van der Waals surface area contributed by atoms with Crippen molar-refractivity contribution < 1.29 is 13.9 Å². The molecule has 24 heavy (non-hydrogen) atoms. The van der Waals surface area contributed by atoms with Crippen LogP contribution in [-0.4, -0.2) is 38.3 Å². The molecule has 0 radical (unpaired) electrons. The van der Waals surface area contributed by atoms with E-state index in [2.05, 4.69) is 9.97 Å². The van der Waals surface area contributed by atoms with Crippen LogP contribution in [0.1, 0.15) is 0 Å². The molecule has 124 valence electrons. The summed E-state index contributed by atoms with van der Waals surface area (Å²) in [5, 5.41) is 0.850. The Morgan fingerprint density at radius 1 is 0.917 bits per heavy atom. The molecule has 5 nitrogen and oxygen atoms in total. The van der Waals surface area contributed by atoms with Crippen molar-refractivity contribution in [2.45, 2.75) is 0 Å². The summed E-state index contributed by atoms with van der Waals surface area (Å²) in [5.74, 6) is 2.20. The molecule has 0 fully saturated rings. The van der Waals surface area contributed by atoms with Crippen molar-refractivity contribution in [1.29, 1.82) is 0 Å². The van der Waals surface area contributed by atoms with Gasteiger partial charge in [-0.25, -0.2) is 14.4 Å². The third-order valence-corrected chi connectivity index (χ3v) is 3.71. The highest BCUT2D eigenvalue weighted by Crippen LogP contribution is 2.35. The van der Waals surface area contributed by atoms with Gasteiger partial charge in [0.1, 0.15) is 11.6 Å². The van der Waals surface area contributed by atoms with Gasteiger partial charge in [-0.3, -0.25) is 0 Å². The topological polar surface area (TPSA) is 47.5 Å². The molecule has 1 heterocycles. The summed E-state index contributed by atoms with van der Waals surface area (Å²) in [6.45, 7) is 0. The van der Waals surface area contributed by atoms with E-state index in [1.807, 2.05) is 31.1 Å². The number of halogens is 1. The Kier molecular flexibility index (Phi) is 4.20. The van der Waals surface area contributed by atoms with E-state index >= 15 is 0 Å². The molecule has 0 aliphatic carbocycles. The summed E-state index contributed by atoms with van der Waals surface area (Å²) in [6, 6.07) is 9.79. The lowest BCUT2D eigenvalue weighted by Gasteiger charge is -2.17. The maximum Gasteiger partial charge on any atom is 0.162 e. The first-order valence-electron chi connectivity index (χ1n) is 7.40. The molecule has 0 saturated heterocycles. The molecule has 1 aromatic heterocycles. The predicted octanol–water partition coefficient (Wildman–Crippen LogP) is 3.52. The molecule has 0 aliphatic heterocycles. The Hall–Kier alpha value is -2.89. The van der Waals surface area contributed by atoms with E-state index in [1.54, 1.807) is 26.4 Å². The van der Waals surface area contributed by atoms with E-state index in [4.69, 9.17) is 9.47 Å². The van der Waals surface area contributed by atoms with Gasteiger partial charge in [0.15, 0.2) is 17.3 Å². The van der Waals surface area contributed by atoms with Gasteiger partial charge in [-0.2, -0.15) is 0 Å². The second-order valence-corrected chi connectivity index (χ2v) is 5.50. The van der Waals surface area contributed by atoms with Crippen LogP contribution in [0.4, 0.5) is 10.2 Å². The van der Waals surface area contributed by atoms with E-state index in [0.29, 0.717) is 17.3 Å². The average Bonchev–Trinajstić information content (AvgIpc) is 2.59. The first-order chi connectivity index (χ1) is 11.5. The minimum atomic E-state index is -0.293. The van der Waals surface area contributed by atoms with Gasteiger partial charge in [0.25, 0.3) is 0 Å². The van der Waals surface area contributed by atoms with Crippen LogP contribution in [0.25, 0.3) is 22.3 Å². The number of ether oxygens (including phenoxy) is 2. The Morgan fingerprint density at radius 3 is 2.12 bits per heavy atom. The Balaban J connectivity index is 2.28. The van der Waals surface area contributed by atoms with Gasteiger partial charge in [0, 0.05) is 31.1 Å². The molecule has 0 saturated carbocycles. The van der Waals surface area contributed by atoms with Gasteiger partial charge in [-0.1, -0.05) is 0 Å². The van der Waals surface area contributed by atoms with Crippen molar-refractivity contribution in [2.24, 2.45) is 0 Å². The Bertz CT molecular complexity index is 880. The molecule has 0 N–H and O–H groups in total. The van der Waals surface area contributed by atoms with Crippen molar-refractivity contribution in [1.82, 2.24) is 9.97 Å². The fourth-order valence-electron chi connectivity index (χ4n) is 2.51. The maximum atomic E-state index is 13.2. The Morgan fingerprint density at radius 2 is 1.54 bits per heavy atom. The standard InChI is InChI=1S/C18H18FN3O2/c1-22(2)18-13-9-15(23-3)16(24-4)10-14(13)20-17(21-18)11-5-7-12(19)8-6-11/h5-10H,1-4H3. The van der Waals surface area contributed by atoms with Crippen LogP contribution >= 0.6 is 0 Å². The monoisotopic (exact) mass is 327 g/mol. The zero-order chi connectivity index (χ0) is 17.3. The fraction of sp³-hybridized carbons (Fsp3) is 0.222. The van der Waals surface area contributed by atoms with E-state index in [-0.39, 0.29) is 5.82 Å². The first kappa shape index (κ1) is 16.0. The third-order valence-electron chi connectivity index (χ3n) is 3.71. The summed E-state index contributed by atoms with van der Waals surface area (Å²) in [5.41, 5.74) is 1.47. The highest BCUT2D eigenvalue weighted by atomic mass is 19.1. The molecule has 3 aromatic rings. The van der Waals surface area contributed by atoms with Crippen LogP contribution in [0.2, 0.25) is 0 Å². The van der Waals surface area contributed by atoms with Gasteiger partial charge in [0.2, 0.25) is 0 Å². The number of aromatic nitrogens is 2. The molecular formula is C18H18FN3O2. The van der Waals surface area contributed by atoms with E-state index in [9.17, 15) is 4.39 Å². The highest BCUT2D eigenvalue weighted by molar-refractivity contribution is 5.93. The van der Waals surface area contributed by atoms with E-state index in [1.165, 1.54) is 12.1 Å².